The Balaban J connectivity index is 1.77. The van der Waals surface area contributed by atoms with Gasteiger partial charge in [-0.2, -0.15) is 0 Å². The molecule has 0 atom stereocenters. The molecule has 0 aliphatic rings. The number of hydrogen-bond donors (Lipinski definition) is 0. The number of thiazole rings is 1. The number of nitrogens with zero attached hydrogens (tertiary/aromatic N) is 2. The highest BCUT2D eigenvalue weighted by Gasteiger charge is 2.19. The fourth-order valence-electron chi connectivity index (χ4n) is 2.23. The maximum Gasteiger partial charge on any atom is 0.273 e. The fraction of sp³-hybridized carbons (Fsp3) is 0.176. The summed E-state index contributed by atoms with van der Waals surface area (Å²) in [5.74, 6) is 0.160. The summed E-state index contributed by atoms with van der Waals surface area (Å²) in [6.45, 7) is 2.75. The minimum absolute atomic E-state index is 0.175. The van der Waals surface area contributed by atoms with Gasteiger partial charge in [0.2, 0.25) is 0 Å². The Bertz CT molecular complexity index is 799. The van der Waals surface area contributed by atoms with Gasteiger partial charge in [-0.1, -0.05) is 12.1 Å². The Labute approximate surface area is 137 Å². The zero-order valence-electron chi connectivity index (χ0n) is 12.5. The Hall–Kier alpha value is -2.47. The molecule has 0 N–H and O–H groups in total. The summed E-state index contributed by atoms with van der Waals surface area (Å²) >= 11 is 1.36. The van der Waals surface area contributed by atoms with Crippen LogP contribution in [0.1, 0.15) is 23.0 Å². The van der Waals surface area contributed by atoms with Crippen LogP contribution in [0.4, 0.5) is 4.39 Å². The quantitative estimate of drug-likeness (QED) is 0.704. The monoisotopic (exact) mass is 330 g/mol. The molecule has 0 aliphatic carbocycles. The molecule has 0 spiro atoms. The van der Waals surface area contributed by atoms with Crippen LogP contribution >= 0.6 is 11.3 Å². The van der Waals surface area contributed by atoms with Crippen LogP contribution in [0.3, 0.4) is 0 Å². The maximum atomic E-state index is 13.3. The molecule has 0 radical (unpaired) electrons. The molecule has 0 saturated heterocycles. The lowest BCUT2D eigenvalue weighted by molar-refractivity contribution is 0.0747. The predicted octanol–water partition coefficient (Wildman–Crippen LogP) is 4.20. The van der Waals surface area contributed by atoms with E-state index >= 15 is 0 Å². The van der Waals surface area contributed by atoms with Crippen LogP contribution < -0.4 is 0 Å². The molecular weight excluding hydrogens is 315 g/mol. The Morgan fingerprint density at radius 3 is 2.91 bits per heavy atom. The molecule has 2 aromatic heterocycles. The molecule has 118 valence electrons. The van der Waals surface area contributed by atoms with E-state index in [1.807, 2.05) is 6.92 Å². The van der Waals surface area contributed by atoms with Crippen molar-refractivity contribution in [2.45, 2.75) is 13.5 Å². The lowest BCUT2D eigenvalue weighted by Gasteiger charge is -2.20. The van der Waals surface area contributed by atoms with Gasteiger partial charge in [0.25, 0.3) is 5.91 Å². The normalized spacial score (nSPS) is 10.7. The number of halogens is 1. The van der Waals surface area contributed by atoms with Crippen LogP contribution in [0, 0.1) is 5.82 Å². The predicted molar refractivity (Wildman–Crippen MR) is 86.6 cm³/mol. The van der Waals surface area contributed by atoms with Crippen molar-refractivity contribution in [3.8, 4) is 10.8 Å². The molecule has 0 bridgehead atoms. The van der Waals surface area contributed by atoms with Gasteiger partial charge < -0.3 is 9.32 Å². The number of carbonyl (C=O) groups excluding carboxylic acids is 1. The number of rotatable bonds is 5. The van der Waals surface area contributed by atoms with E-state index in [1.54, 1.807) is 40.8 Å². The molecule has 6 heteroatoms. The molecular formula is C17H15FN2O2S. The average Bonchev–Trinajstić information content (AvgIpc) is 3.22. The van der Waals surface area contributed by atoms with Gasteiger partial charge in [-0.05, 0) is 36.8 Å². The van der Waals surface area contributed by atoms with E-state index in [-0.39, 0.29) is 11.7 Å². The van der Waals surface area contributed by atoms with Crippen molar-refractivity contribution >= 4 is 17.2 Å². The van der Waals surface area contributed by atoms with Gasteiger partial charge in [0, 0.05) is 18.5 Å². The second-order valence-electron chi connectivity index (χ2n) is 4.96. The first-order valence-electron chi connectivity index (χ1n) is 7.20. The highest BCUT2D eigenvalue weighted by molar-refractivity contribution is 7.13. The molecule has 1 aromatic carbocycles. The zero-order valence-corrected chi connectivity index (χ0v) is 13.3. The first-order valence-corrected chi connectivity index (χ1v) is 8.08. The third kappa shape index (κ3) is 3.48. The van der Waals surface area contributed by atoms with Crippen molar-refractivity contribution in [1.82, 2.24) is 9.88 Å². The summed E-state index contributed by atoms with van der Waals surface area (Å²) in [4.78, 5) is 18.6. The van der Waals surface area contributed by atoms with E-state index in [0.29, 0.717) is 29.6 Å². The van der Waals surface area contributed by atoms with Crippen molar-refractivity contribution in [2.75, 3.05) is 6.54 Å². The van der Waals surface area contributed by atoms with Gasteiger partial charge in [0.05, 0.1) is 6.26 Å². The standard InChI is InChI=1S/C17H15FN2O2S/c1-2-20(10-12-5-3-6-13(18)9-12)17(21)14-11-23-16(19-14)15-7-4-8-22-15/h3-9,11H,2,10H2,1H3. The largest absolute Gasteiger partial charge is 0.462 e. The molecule has 2 heterocycles. The molecule has 0 unspecified atom stereocenters. The summed E-state index contributed by atoms with van der Waals surface area (Å²) in [5.41, 5.74) is 1.13. The molecule has 0 aliphatic heterocycles. The summed E-state index contributed by atoms with van der Waals surface area (Å²) < 4.78 is 18.6. The molecule has 3 rings (SSSR count). The van der Waals surface area contributed by atoms with Crippen LogP contribution in [-0.2, 0) is 6.54 Å². The van der Waals surface area contributed by atoms with Crippen molar-refractivity contribution < 1.29 is 13.6 Å². The van der Waals surface area contributed by atoms with Crippen LogP contribution in [-0.4, -0.2) is 22.3 Å². The summed E-state index contributed by atoms with van der Waals surface area (Å²) in [5, 5.41) is 2.38. The van der Waals surface area contributed by atoms with Gasteiger partial charge in [-0.3, -0.25) is 4.79 Å². The van der Waals surface area contributed by atoms with E-state index in [4.69, 9.17) is 4.42 Å². The minimum atomic E-state index is -0.306. The zero-order chi connectivity index (χ0) is 16.2. The SMILES string of the molecule is CCN(Cc1cccc(F)c1)C(=O)c1csc(-c2ccco2)n1. The van der Waals surface area contributed by atoms with E-state index in [1.165, 1.54) is 23.5 Å². The third-order valence-electron chi connectivity index (χ3n) is 3.39. The second kappa shape index (κ2) is 6.75. The van der Waals surface area contributed by atoms with Crippen LogP contribution in [0.5, 0.6) is 0 Å². The van der Waals surface area contributed by atoms with Gasteiger partial charge in [0.1, 0.15) is 11.5 Å². The average molecular weight is 330 g/mol. The van der Waals surface area contributed by atoms with Crippen molar-refractivity contribution in [2.24, 2.45) is 0 Å². The number of benzene rings is 1. The van der Waals surface area contributed by atoms with Crippen LogP contribution in [0.15, 0.2) is 52.5 Å². The highest BCUT2D eigenvalue weighted by Crippen LogP contribution is 2.24. The molecule has 3 aromatic rings. The van der Waals surface area contributed by atoms with Crippen molar-refractivity contribution in [1.29, 1.82) is 0 Å². The number of carbonyl (C=O) groups is 1. The fourth-order valence-corrected chi connectivity index (χ4v) is 2.99. The van der Waals surface area contributed by atoms with E-state index < -0.39 is 0 Å². The van der Waals surface area contributed by atoms with Gasteiger partial charge >= 0.3 is 0 Å². The minimum Gasteiger partial charge on any atom is -0.462 e. The van der Waals surface area contributed by atoms with E-state index in [2.05, 4.69) is 4.98 Å². The molecule has 23 heavy (non-hydrogen) atoms. The van der Waals surface area contributed by atoms with Crippen molar-refractivity contribution in [3.05, 3.63) is 65.1 Å². The Morgan fingerprint density at radius 1 is 1.35 bits per heavy atom. The van der Waals surface area contributed by atoms with E-state index in [0.717, 1.165) is 5.56 Å². The summed E-state index contributed by atoms with van der Waals surface area (Å²) in [6, 6.07) is 9.84. The number of amides is 1. The van der Waals surface area contributed by atoms with Gasteiger partial charge in [0.15, 0.2) is 10.8 Å². The first-order chi connectivity index (χ1) is 11.2. The topological polar surface area (TPSA) is 46.3 Å². The highest BCUT2D eigenvalue weighted by atomic mass is 32.1. The van der Waals surface area contributed by atoms with Crippen LogP contribution in [0.25, 0.3) is 10.8 Å². The lowest BCUT2D eigenvalue weighted by Crippen LogP contribution is -2.30. The summed E-state index contributed by atoms with van der Waals surface area (Å²) in [6.07, 6.45) is 1.57. The van der Waals surface area contributed by atoms with Gasteiger partial charge in [-0.25, -0.2) is 9.37 Å². The smallest absolute Gasteiger partial charge is 0.273 e. The maximum absolute atomic E-state index is 13.3. The lowest BCUT2D eigenvalue weighted by atomic mass is 10.2. The molecule has 1 amide bonds. The molecule has 4 nitrogen and oxygen atoms in total. The third-order valence-corrected chi connectivity index (χ3v) is 4.24. The van der Waals surface area contributed by atoms with Crippen molar-refractivity contribution in [3.63, 3.8) is 0 Å². The number of aromatic nitrogens is 1. The number of furan rings is 1. The van der Waals surface area contributed by atoms with Crippen LogP contribution in [0.2, 0.25) is 0 Å². The summed E-state index contributed by atoms with van der Waals surface area (Å²) in [7, 11) is 0. The second-order valence-corrected chi connectivity index (χ2v) is 5.82. The molecule has 0 fully saturated rings. The number of hydrogen-bond acceptors (Lipinski definition) is 4. The molecule has 0 saturated carbocycles. The van der Waals surface area contributed by atoms with Gasteiger partial charge in [-0.15, -0.1) is 11.3 Å². The Morgan fingerprint density at radius 2 is 2.22 bits per heavy atom. The first kappa shape index (κ1) is 15.4. The Kier molecular flexibility index (Phi) is 4.52. The van der Waals surface area contributed by atoms with E-state index in [9.17, 15) is 9.18 Å².